The monoisotopic (exact) mass is 393 g/mol. The summed E-state index contributed by atoms with van der Waals surface area (Å²) < 4.78 is 10.7. The minimum atomic E-state index is -1.67. The summed E-state index contributed by atoms with van der Waals surface area (Å²) in [7, 11) is 0. The Morgan fingerprint density at radius 1 is 0.929 bits per heavy atom. The first-order valence-electron chi connectivity index (χ1n) is 9.80. The third kappa shape index (κ3) is 7.31. The minimum Gasteiger partial charge on any atom is -0.480 e. The maximum absolute atomic E-state index is 12.1. The van der Waals surface area contributed by atoms with Crippen molar-refractivity contribution in [3.63, 3.8) is 0 Å². The van der Waals surface area contributed by atoms with Crippen molar-refractivity contribution < 1.29 is 29.0 Å². The van der Waals surface area contributed by atoms with Crippen LogP contribution in [0.3, 0.4) is 0 Å². The molecule has 156 valence electrons. The number of nitrogens with two attached hydrogens (primary N) is 1. The number of carbonyl (C=O) groups excluding carboxylic acids is 2. The third-order valence-electron chi connectivity index (χ3n) is 4.40. The van der Waals surface area contributed by atoms with Gasteiger partial charge >= 0.3 is 17.9 Å². The lowest BCUT2D eigenvalue weighted by Gasteiger charge is -2.21. The van der Waals surface area contributed by atoms with E-state index in [4.69, 9.17) is 15.2 Å². The molecule has 1 rings (SSSR count). The SMILES string of the molecule is CCCCCC(=O)Oc1ccc([C@](C)(N)C(=O)O)cc1OC(=O)CCCCC. The fraction of sp³-hybridized carbons (Fsp3) is 0.571. The number of esters is 2. The van der Waals surface area contributed by atoms with Gasteiger partial charge in [-0.25, -0.2) is 4.79 Å². The zero-order valence-corrected chi connectivity index (χ0v) is 17.0. The maximum Gasteiger partial charge on any atom is 0.328 e. The summed E-state index contributed by atoms with van der Waals surface area (Å²) in [6.45, 7) is 5.40. The molecule has 0 spiro atoms. The van der Waals surface area contributed by atoms with Crippen LogP contribution in [0.15, 0.2) is 18.2 Å². The van der Waals surface area contributed by atoms with Crippen LogP contribution in [0, 0.1) is 0 Å². The summed E-state index contributed by atoms with van der Waals surface area (Å²) in [5, 5.41) is 9.33. The molecule has 7 nitrogen and oxygen atoms in total. The van der Waals surface area contributed by atoms with Crippen LogP contribution < -0.4 is 15.2 Å². The van der Waals surface area contributed by atoms with Crippen molar-refractivity contribution in [1.29, 1.82) is 0 Å². The Labute approximate surface area is 166 Å². The van der Waals surface area contributed by atoms with Gasteiger partial charge in [0.2, 0.25) is 0 Å². The van der Waals surface area contributed by atoms with E-state index in [0.29, 0.717) is 12.8 Å². The molecular weight excluding hydrogens is 362 g/mol. The van der Waals surface area contributed by atoms with Gasteiger partial charge in [-0.1, -0.05) is 45.6 Å². The van der Waals surface area contributed by atoms with Gasteiger partial charge in [0.25, 0.3) is 0 Å². The van der Waals surface area contributed by atoms with Crippen molar-refractivity contribution in [3.05, 3.63) is 23.8 Å². The molecule has 0 fully saturated rings. The van der Waals surface area contributed by atoms with E-state index in [1.54, 1.807) is 0 Å². The molecule has 0 saturated carbocycles. The van der Waals surface area contributed by atoms with Crippen molar-refractivity contribution in [2.75, 3.05) is 0 Å². The molecular formula is C21H31NO6. The third-order valence-corrected chi connectivity index (χ3v) is 4.40. The highest BCUT2D eigenvalue weighted by molar-refractivity contribution is 5.81. The van der Waals surface area contributed by atoms with Crippen LogP contribution >= 0.6 is 0 Å². The number of carboxylic acids is 1. The Kier molecular flexibility index (Phi) is 9.65. The number of unbranched alkanes of at least 4 members (excludes halogenated alkanes) is 4. The van der Waals surface area contributed by atoms with Crippen LogP contribution in [0.2, 0.25) is 0 Å². The summed E-state index contributed by atoms with van der Waals surface area (Å²) in [6.07, 6.45) is 5.63. The molecule has 1 aromatic rings. The van der Waals surface area contributed by atoms with E-state index in [-0.39, 0.29) is 29.9 Å². The summed E-state index contributed by atoms with van der Waals surface area (Å²) >= 11 is 0. The second kappa shape index (κ2) is 11.4. The second-order valence-electron chi connectivity index (χ2n) is 7.03. The number of carboxylic acid groups (broad SMARTS) is 1. The molecule has 0 saturated heterocycles. The molecule has 0 aliphatic rings. The summed E-state index contributed by atoms with van der Waals surface area (Å²) in [6, 6.07) is 4.22. The van der Waals surface area contributed by atoms with Gasteiger partial charge in [-0.3, -0.25) is 9.59 Å². The Morgan fingerprint density at radius 3 is 1.89 bits per heavy atom. The smallest absolute Gasteiger partial charge is 0.328 e. The first-order valence-corrected chi connectivity index (χ1v) is 9.80. The largest absolute Gasteiger partial charge is 0.480 e. The fourth-order valence-corrected chi connectivity index (χ4v) is 2.50. The van der Waals surface area contributed by atoms with Crippen LogP contribution in [0.1, 0.15) is 77.7 Å². The van der Waals surface area contributed by atoms with E-state index in [9.17, 15) is 19.5 Å². The summed E-state index contributed by atoms with van der Waals surface area (Å²) in [5.41, 5.74) is 4.43. The van der Waals surface area contributed by atoms with Gasteiger partial charge in [-0.15, -0.1) is 0 Å². The van der Waals surface area contributed by atoms with Gasteiger partial charge in [0.15, 0.2) is 11.5 Å². The normalized spacial score (nSPS) is 12.9. The Balaban J connectivity index is 3.04. The molecule has 0 radical (unpaired) electrons. The van der Waals surface area contributed by atoms with Gasteiger partial charge in [0, 0.05) is 12.8 Å². The first-order chi connectivity index (χ1) is 13.2. The molecule has 0 amide bonds. The molecule has 0 aliphatic carbocycles. The quantitative estimate of drug-likeness (QED) is 0.314. The van der Waals surface area contributed by atoms with E-state index in [1.807, 2.05) is 13.8 Å². The number of hydrogen-bond donors (Lipinski definition) is 2. The Bertz CT molecular complexity index is 683. The Morgan fingerprint density at radius 2 is 1.43 bits per heavy atom. The average Bonchev–Trinajstić information content (AvgIpc) is 2.63. The van der Waals surface area contributed by atoms with Gasteiger partial charge in [-0.2, -0.15) is 0 Å². The standard InChI is InChI=1S/C21H31NO6/c1-4-6-8-10-18(23)27-16-13-12-15(21(3,22)20(25)26)14-17(16)28-19(24)11-9-7-5-2/h12-14H,4-11,22H2,1-3H3,(H,25,26)/t21-/m0/s1. The van der Waals surface area contributed by atoms with Crippen molar-refractivity contribution >= 4 is 17.9 Å². The fourth-order valence-electron chi connectivity index (χ4n) is 2.50. The maximum atomic E-state index is 12.1. The van der Waals surface area contributed by atoms with Crippen LogP contribution in [0.4, 0.5) is 0 Å². The molecule has 7 heteroatoms. The van der Waals surface area contributed by atoms with Crippen LogP contribution in [-0.4, -0.2) is 23.0 Å². The molecule has 1 atom stereocenters. The van der Waals surface area contributed by atoms with Crippen LogP contribution in [0.25, 0.3) is 0 Å². The van der Waals surface area contributed by atoms with Crippen molar-refractivity contribution in [2.24, 2.45) is 5.73 Å². The van der Waals surface area contributed by atoms with E-state index in [1.165, 1.54) is 25.1 Å². The predicted molar refractivity (Wildman–Crippen MR) is 105 cm³/mol. The van der Waals surface area contributed by atoms with Gasteiger partial charge in [0.05, 0.1) is 0 Å². The highest BCUT2D eigenvalue weighted by Crippen LogP contribution is 2.33. The lowest BCUT2D eigenvalue weighted by Crippen LogP contribution is -2.41. The molecule has 0 heterocycles. The molecule has 0 bridgehead atoms. The summed E-state index contributed by atoms with van der Waals surface area (Å²) in [5.74, 6) is -2.05. The first kappa shape index (κ1) is 23.6. The van der Waals surface area contributed by atoms with Crippen molar-refractivity contribution in [1.82, 2.24) is 0 Å². The number of rotatable bonds is 12. The van der Waals surface area contributed by atoms with Gasteiger partial charge < -0.3 is 20.3 Å². The van der Waals surface area contributed by atoms with E-state index < -0.39 is 23.4 Å². The topological polar surface area (TPSA) is 116 Å². The highest BCUT2D eigenvalue weighted by atomic mass is 16.6. The number of hydrogen-bond acceptors (Lipinski definition) is 6. The lowest BCUT2D eigenvalue weighted by atomic mass is 9.93. The molecule has 3 N–H and O–H groups in total. The van der Waals surface area contributed by atoms with Gasteiger partial charge in [-0.05, 0) is 37.5 Å². The zero-order valence-electron chi connectivity index (χ0n) is 17.0. The number of aliphatic carboxylic acids is 1. The second-order valence-corrected chi connectivity index (χ2v) is 7.03. The van der Waals surface area contributed by atoms with Crippen LogP contribution in [0.5, 0.6) is 11.5 Å². The molecule has 1 aromatic carbocycles. The molecule has 0 aliphatic heterocycles. The van der Waals surface area contributed by atoms with E-state index >= 15 is 0 Å². The predicted octanol–water partition coefficient (Wildman–Crippen LogP) is 3.92. The van der Waals surface area contributed by atoms with Crippen molar-refractivity contribution in [3.8, 4) is 11.5 Å². The molecule has 0 aromatic heterocycles. The molecule has 0 unspecified atom stereocenters. The molecule has 28 heavy (non-hydrogen) atoms. The average molecular weight is 393 g/mol. The number of carbonyl (C=O) groups is 3. The van der Waals surface area contributed by atoms with Crippen LogP contribution in [-0.2, 0) is 19.9 Å². The number of benzene rings is 1. The van der Waals surface area contributed by atoms with E-state index in [0.717, 1.165) is 25.7 Å². The number of ether oxygens (including phenoxy) is 2. The summed E-state index contributed by atoms with van der Waals surface area (Å²) in [4.78, 5) is 35.6. The highest BCUT2D eigenvalue weighted by Gasteiger charge is 2.31. The van der Waals surface area contributed by atoms with Gasteiger partial charge in [0.1, 0.15) is 5.54 Å². The van der Waals surface area contributed by atoms with E-state index in [2.05, 4.69) is 0 Å². The lowest BCUT2D eigenvalue weighted by molar-refractivity contribution is -0.143. The Hall–Kier alpha value is -2.41. The van der Waals surface area contributed by atoms with Crippen molar-refractivity contribution in [2.45, 2.75) is 77.7 Å². The minimum absolute atomic E-state index is 0.000708. The zero-order chi connectivity index (χ0) is 21.2.